The number of nitrogens with one attached hydrogen (secondary N) is 2. The van der Waals surface area contributed by atoms with Gasteiger partial charge in [-0.25, -0.2) is 0 Å². The molecule has 1 aliphatic heterocycles. The zero-order valence-corrected chi connectivity index (χ0v) is 8.21. The summed E-state index contributed by atoms with van der Waals surface area (Å²) in [4.78, 5) is 11.3. The van der Waals surface area contributed by atoms with E-state index in [1.807, 2.05) is 6.92 Å². The number of carbonyl (C=O) groups is 1. The minimum absolute atomic E-state index is 0.0335. The Bertz CT molecular complexity index is 182. The van der Waals surface area contributed by atoms with Crippen molar-refractivity contribution in [3.05, 3.63) is 0 Å². The van der Waals surface area contributed by atoms with Gasteiger partial charge >= 0.3 is 0 Å². The highest BCUT2D eigenvalue weighted by molar-refractivity contribution is 5.82. The Balaban J connectivity index is 2.38. The van der Waals surface area contributed by atoms with Gasteiger partial charge in [-0.15, -0.1) is 0 Å². The molecule has 0 spiro atoms. The number of rotatable bonds is 3. The molecule has 76 valence electrons. The molecule has 4 heteroatoms. The summed E-state index contributed by atoms with van der Waals surface area (Å²) < 4.78 is 0. The third kappa shape index (κ3) is 2.97. The molecule has 1 heterocycles. The zero-order valence-electron chi connectivity index (χ0n) is 8.21. The Labute approximate surface area is 78.7 Å². The maximum absolute atomic E-state index is 11.3. The smallest absolute Gasteiger partial charge is 0.237 e. The predicted octanol–water partition coefficient (Wildman–Crippen LogP) is -0.376. The average molecular weight is 186 g/mol. The molecular weight excluding hydrogens is 168 g/mol. The Morgan fingerprint density at radius 3 is 2.85 bits per heavy atom. The van der Waals surface area contributed by atoms with Crippen LogP contribution in [0.25, 0.3) is 0 Å². The lowest BCUT2D eigenvalue weighted by Crippen LogP contribution is -2.53. The molecule has 1 saturated heterocycles. The van der Waals surface area contributed by atoms with Gasteiger partial charge in [0, 0.05) is 12.6 Å². The molecule has 1 rings (SSSR count). The van der Waals surface area contributed by atoms with Gasteiger partial charge in [-0.1, -0.05) is 0 Å². The van der Waals surface area contributed by atoms with Crippen LogP contribution in [-0.4, -0.2) is 35.7 Å². The molecule has 0 saturated carbocycles. The lowest BCUT2D eigenvalue weighted by Gasteiger charge is -2.27. The van der Waals surface area contributed by atoms with E-state index >= 15 is 0 Å². The molecule has 0 aliphatic carbocycles. The third-order valence-corrected chi connectivity index (χ3v) is 2.47. The van der Waals surface area contributed by atoms with E-state index in [4.69, 9.17) is 0 Å². The van der Waals surface area contributed by atoms with Crippen LogP contribution in [0.4, 0.5) is 0 Å². The van der Waals surface area contributed by atoms with Crippen LogP contribution in [0, 0.1) is 0 Å². The summed E-state index contributed by atoms with van der Waals surface area (Å²) in [6.45, 7) is 4.38. The predicted molar refractivity (Wildman–Crippen MR) is 50.3 cm³/mol. The normalized spacial score (nSPS) is 27.9. The highest BCUT2D eigenvalue weighted by atomic mass is 16.3. The number of aliphatic hydroxyl groups is 1. The minimum Gasteiger partial charge on any atom is -0.392 e. The lowest BCUT2D eigenvalue weighted by atomic mass is 10.0. The van der Waals surface area contributed by atoms with Gasteiger partial charge in [-0.2, -0.15) is 0 Å². The van der Waals surface area contributed by atoms with Crippen molar-refractivity contribution in [3.63, 3.8) is 0 Å². The number of hydrogen-bond donors (Lipinski definition) is 3. The molecular formula is C9H18N2O2. The molecule has 0 aromatic rings. The lowest BCUT2D eigenvalue weighted by molar-refractivity contribution is -0.124. The standard InChI is InChI=1S/C9H18N2O2/c1-6(7(2)12)11-8-4-3-5-10-9(8)13/h6-8,11-12H,3-5H2,1-2H3,(H,10,13). The highest BCUT2D eigenvalue weighted by Gasteiger charge is 2.24. The molecule has 0 radical (unpaired) electrons. The van der Waals surface area contributed by atoms with Crippen molar-refractivity contribution in [1.82, 2.24) is 10.6 Å². The molecule has 3 unspecified atom stereocenters. The first-order valence-electron chi connectivity index (χ1n) is 4.83. The van der Waals surface area contributed by atoms with Crippen LogP contribution in [0.5, 0.6) is 0 Å². The molecule has 1 aliphatic rings. The Morgan fingerprint density at radius 2 is 2.31 bits per heavy atom. The minimum atomic E-state index is -0.422. The maximum atomic E-state index is 11.3. The van der Waals surface area contributed by atoms with E-state index in [9.17, 15) is 9.90 Å². The largest absolute Gasteiger partial charge is 0.392 e. The van der Waals surface area contributed by atoms with E-state index in [2.05, 4.69) is 10.6 Å². The van der Waals surface area contributed by atoms with Gasteiger partial charge in [0.2, 0.25) is 5.91 Å². The summed E-state index contributed by atoms with van der Waals surface area (Å²) >= 11 is 0. The average Bonchev–Trinajstić information content (AvgIpc) is 2.08. The van der Waals surface area contributed by atoms with Crippen LogP contribution in [0.1, 0.15) is 26.7 Å². The van der Waals surface area contributed by atoms with E-state index in [-0.39, 0.29) is 18.0 Å². The van der Waals surface area contributed by atoms with Gasteiger partial charge in [0.05, 0.1) is 12.1 Å². The number of piperidine rings is 1. The number of aliphatic hydroxyl groups excluding tert-OH is 1. The first-order valence-corrected chi connectivity index (χ1v) is 4.83. The van der Waals surface area contributed by atoms with E-state index < -0.39 is 6.10 Å². The van der Waals surface area contributed by atoms with E-state index in [1.165, 1.54) is 0 Å². The van der Waals surface area contributed by atoms with E-state index in [0.29, 0.717) is 0 Å². The SMILES string of the molecule is CC(O)C(C)NC1CCCNC1=O. The van der Waals surface area contributed by atoms with Crippen LogP contribution in [0.15, 0.2) is 0 Å². The fourth-order valence-electron chi connectivity index (χ4n) is 1.39. The summed E-state index contributed by atoms with van der Waals surface area (Å²) in [5.74, 6) is 0.0544. The van der Waals surface area contributed by atoms with Crippen molar-refractivity contribution in [2.24, 2.45) is 0 Å². The molecule has 1 amide bonds. The summed E-state index contributed by atoms with van der Waals surface area (Å²) in [7, 11) is 0. The van der Waals surface area contributed by atoms with Crippen LogP contribution in [-0.2, 0) is 4.79 Å². The van der Waals surface area contributed by atoms with Crippen molar-refractivity contribution in [2.75, 3.05) is 6.54 Å². The van der Waals surface area contributed by atoms with Crippen molar-refractivity contribution in [2.45, 2.75) is 44.9 Å². The molecule has 0 aromatic heterocycles. The number of hydrogen-bond acceptors (Lipinski definition) is 3. The van der Waals surface area contributed by atoms with Gasteiger partial charge < -0.3 is 15.7 Å². The molecule has 4 nitrogen and oxygen atoms in total. The third-order valence-electron chi connectivity index (χ3n) is 2.47. The Hall–Kier alpha value is -0.610. The molecule has 0 aromatic carbocycles. The van der Waals surface area contributed by atoms with Crippen molar-refractivity contribution in [1.29, 1.82) is 0 Å². The zero-order chi connectivity index (χ0) is 9.84. The monoisotopic (exact) mass is 186 g/mol. The number of amides is 1. The molecule has 3 atom stereocenters. The number of carbonyl (C=O) groups excluding carboxylic acids is 1. The van der Waals surface area contributed by atoms with Crippen LogP contribution < -0.4 is 10.6 Å². The summed E-state index contributed by atoms with van der Waals surface area (Å²) in [5, 5.41) is 15.1. The van der Waals surface area contributed by atoms with Crippen molar-refractivity contribution >= 4 is 5.91 Å². The topological polar surface area (TPSA) is 61.4 Å². The first kappa shape index (κ1) is 10.5. The van der Waals surface area contributed by atoms with E-state index in [1.54, 1.807) is 6.92 Å². The fraction of sp³-hybridized carbons (Fsp3) is 0.889. The van der Waals surface area contributed by atoms with Gasteiger partial charge in [0.1, 0.15) is 0 Å². The van der Waals surface area contributed by atoms with Crippen molar-refractivity contribution < 1.29 is 9.90 Å². The molecule has 3 N–H and O–H groups in total. The fourth-order valence-corrected chi connectivity index (χ4v) is 1.39. The molecule has 1 fully saturated rings. The quantitative estimate of drug-likeness (QED) is 0.563. The molecule has 13 heavy (non-hydrogen) atoms. The van der Waals surface area contributed by atoms with Crippen LogP contribution in [0.3, 0.4) is 0 Å². The van der Waals surface area contributed by atoms with Gasteiger partial charge in [-0.05, 0) is 26.7 Å². The Kier molecular flexibility index (Phi) is 3.69. The second kappa shape index (κ2) is 4.58. The highest BCUT2D eigenvalue weighted by Crippen LogP contribution is 2.05. The maximum Gasteiger partial charge on any atom is 0.237 e. The van der Waals surface area contributed by atoms with Gasteiger partial charge in [0.25, 0.3) is 0 Å². The second-order valence-electron chi connectivity index (χ2n) is 3.68. The summed E-state index contributed by atoms with van der Waals surface area (Å²) in [6, 6.07) is -0.160. The first-order chi connectivity index (χ1) is 6.11. The van der Waals surface area contributed by atoms with Crippen molar-refractivity contribution in [3.8, 4) is 0 Å². The second-order valence-corrected chi connectivity index (χ2v) is 3.68. The summed E-state index contributed by atoms with van der Waals surface area (Å²) in [5.41, 5.74) is 0. The summed E-state index contributed by atoms with van der Waals surface area (Å²) in [6.07, 6.45) is 1.45. The van der Waals surface area contributed by atoms with Gasteiger partial charge in [0.15, 0.2) is 0 Å². The van der Waals surface area contributed by atoms with Gasteiger partial charge in [-0.3, -0.25) is 4.79 Å². The van der Waals surface area contributed by atoms with Crippen LogP contribution in [0.2, 0.25) is 0 Å². The Morgan fingerprint density at radius 1 is 1.62 bits per heavy atom. The van der Waals surface area contributed by atoms with Crippen LogP contribution >= 0.6 is 0 Å². The molecule has 0 bridgehead atoms. The van der Waals surface area contributed by atoms with E-state index in [0.717, 1.165) is 19.4 Å².